The van der Waals surface area contributed by atoms with E-state index < -0.39 is 0 Å². The molecular formula is C21H24N4O2. The molecular weight excluding hydrogens is 340 g/mol. The zero-order valence-corrected chi connectivity index (χ0v) is 15.3. The second-order valence-corrected chi connectivity index (χ2v) is 6.66. The maximum Gasteiger partial charge on any atom is 0.328 e. The number of benzene rings is 2. The van der Waals surface area contributed by atoms with Gasteiger partial charge in [0, 0.05) is 19.6 Å². The molecule has 1 saturated heterocycles. The maximum absolute atomic E-state index is 12.9. The molecule has 0 atom stereocenters. The Balaban J connectivity index is 1.48. The van der Waals surface area contributed by atoms with Gasteiger partial charge in [-0.15, -0.1) is 0 Å². The van der Waals surface area contributed by atoms with Crippen molar-refractivity contribution in [3.63, 3.8) is 0 Å². The molecule has 0 saturated carbocycles. The van der Waals surface area contributed by atoms with Crippen molar-refractivity contribution in [1.29, 1.82) is 0 Å². The molecule has 2 heterocycles. The second-order valence-electron chi connectivity index (χ2n) is 6.66. The van der Waals surface area contributed by atoms with Crippen molar-refractivity contribution in [2.75, 3.05) is 37.7 Å². The quantitative estimate of drug-likeness (QED) is 0.707. The summed E-state index contributed by atoms with van der Waals surface area (Å²) in [6, 6.07) is 18.0. The zero-order chi connectivity index (χ0) is 18.5. The highest BCUT2D eigenvalue weighted by molar-refractivity contribution is 5.93. The average Bonchev–Trinajstić information content (AvgIpc) is 3.12. The van der Waals surface area contributed by atoms with Gasteiger partial charge in [-0.2, -0.15) is 0 Å². The summed E-state index contributed by atoms with van der Waals surface area (Å²) in [5, 5.41) is 3.05. The zero-order valence-electron chi connectivity index (χ0n) is 15.3. The van der Waals surface area contributed by atoms with Gasteiger partial charge in [0.2, 0.25) is 5.95 Å². The summed E-state index contributed by atoms with van der Waals surface area (Å²) in [5.74, 6) is 0.694. The summed E-state index contributed by atoms with van der Waals surface area (Å²) >= 11 is 0. The van der Waals surface area contributed by atoms with Gasteiger partial charge in [0.05, 0.1) is 24.2 Å². The molecule has 0 radical (unpaired) electrons. The van der Waals surface area contributed by atoms with E-state index in [4.69, 9.17) is 9.72 Å². The van der Waals surface area contributed by atoms with Crippen molar-refractivity contribution >= 4 is 23.0 Å². The van der Waals surface area contributed by atoms with Gasteiger partial charge in [0.25, 0.3) is 0 Å². The SMILES string of the molecule is O=C(NCCCc1ccccc1)n1c(N2CCOCC2)nc2ccccc21. The third kappa shape index (κ3) is 3.95. The Kier molecular flexibility index (Phi) is 5.34. The highest BCUT2D eigenvalue weighted by atomic mass is 16.5. The molecule has 6 nitrogen and oxygen atoms in total. The second kappa shape index (κ2) is 8.22. The third-order valence-electron chi connectivity index (χ3n) is 4.80. The molecule has 4 rings (SSSR count). The van der Waals surface area contributed by atoms with Crippen LogP contribution in [0.4, 0.5) is 10.7 Å². The maximum atomic E-state index is 12.9. The number of anilines is 1. The summed E-state index contributed by atoms with van der Waals surface area (Å²) in [7, 11) is 0. The number of aromatic nitrogens is 2. The van der Waals surface area contributed by atoms with Gasteiger partial charge in [-0.25, -0.2) is 14.3 Å². The number of amides is 1. The van der Waals surface area contributed by atoms with Crippen molar-refractivity contribution in [2.24, 2.45) is 0 Å². The molecule has 1 aromatic heterocycles. The number of rotatable bonds is 5. The Hall–Kier alpha value is -2.86. The van der Waals surface area contributed by atoms with Crippen LogP contribution in [0.5, 0.6) is 0 Å². The van der Waals surface area contributed by atoms with E-state index in [0.29, 0.717) is 25.7 Å². The summed E-state index contributed by atoms with van der Waals surface area (Å²) < 4.78 is 7.14. The molecule has 0 aliphatic carbocycles. The first kappa shape index (κ1) is 17.5. The number of nitrogens with one attached hydrogen (secondary N) is 1. The fourth-order valence-corrected chi connectivity index (χ4v) is 3.40. The largest absolute Gasteiger partial charge is 0.378 e. The van der Waals surface area contributed by atoms with Gasteiger partial charge in [-0.3, -0.25) is 0 Å². The van der Waals surface area contributed by atoms with Crippen LogP contribution < -0.4 is 10.2 Å². The van der Waals surface area contributed by atoms with Gasteiger partial charge in [0.15, 0.2) is 0 Å². The van der Waals surface area contributed by atoms with Gasteiger partial charge < -0.3 is 15.0 Å². The van der Waals surface area contributed by atoms with E-state index in [1.807, 2.05) is 42.5 Å². The van der Waals surface area contributed by atoms with Crippen molar-refractivity contribution in [1.82, 2.24) is 14.9 Å². The number of ether oxygens (including phenoxy) is 1. The summed E-state index contributed by atoms with van der Waals surface area (Å²) in [6.45, 7) is 3.42. The van der Waals surface area contributed by atoms with E-state index >= 15 is 0 Å². The molecule has 0 unspecified atom stereocenters. The Morgan fingerprint density at radius 3 is 2.59 bits per heavy atom. The van der Waals surface area contributed by atoms with Crippen LogP contribution >= 0.6 is 0 Å². The van der Waals surface area contributed by atoms with Crippen LogP contribution in [0.3, 0.4) is 0 Å². The highest BCUT2D eigenvalue weighted by Gasteiger charge is 2.22. The van der Waals surface area contributed by atoms with Gasteiger partial charge in [-0.1, -0.05) is 42.5 Å². The van der Waals surface area contributed by atoms with Crippen molar-refractivity contribution < 1.29 is 9.53 Å². The Bertz CT molecular complexity index is 901. The molecule has 1 aliphatic heterocycles. The van der Waals surface area contributed by atoms with Gasteiger partial charge >= 0.3 is 6.03 Å². The van der Waals surface area contributed by atoms with Crippen molar-refractivity contribution in [3.8, 4) is 0 Å². The lowest BCUT2D eigenvalue weighted by Gasteiger charge is -2.27. The molecule has 140 valence electrons. The Morgan fingerprint density at radius 1 is 1.04 bits per heavy atom. The number of hydrogen-bond acceptors (Lipinski definition) is 4. The van der Waals surface area contributed by atoms with Crippen LogP contribution in [0.15, 0.2) is 54.6 Å². The molecule has 1 fully saturated rings. The van der Waals surface area contributed by atoms with Crippen LogP contribution in [0.1, 0.15) is 12.0 Å². The monoisotopic (exact) mass is 364 g/mol. The van der Waals surface area contributed by atoms with Gasteiger partial charge in [-0.05, 0) is 30.5 Å². The predicted octanol–water partition coefficient (Wildman–Crippen LogP) is 3.06. The first-order valence-corrected chi connectivity index (χ1v) is 9.45. The number of carbonyl (C=O) groups is 1. The lowest BCUT2D eigenvalue weighted by molar-refractivity contribution is 0.122. The fraction of sp³-hybridized carbons (Fsp3) is 0.333. The molecule has 2 aromatic carbocycles. The van der Waals surface area contributed by atoms with E-state index in [1.165, 1.54) is 5.56 Å². The van der Waals surface area contributed by atoms with E-state index in [2.05, 4.69) is 22.3 Å². The Labute approximate surface area is 158 Å². The van der Waals surface area contributed by atoms with Crippen LogP contribution in [0, 0.1) is 0 Å². The van der Waals surface area contributed by atoms with Crippen LogP contribution in [-0.4, -0.2) is 48.4 Å². The lowest BCUT2D eigenvalue weighted by atomic mass is 10.1. The highest BCUT2D eigenvalue weighted by Crippen LogP contribution is 2.23. The summed E-state index contributed by atoms with van der Waals surface area (Å²) in [5.41, 5.74) is 2.95. The van der Waals surface area contributed by atoms with Crippen LogP contribution in [0.25, 0.3) is 11.0 Å². The summed E-state index contributed by atoms with van der Waals surface area (Å²) in [4.78, 5) is 19.8. The van der Waals surface area contributed by atoms with E-state index in [-0.39, 0.29) is 6.03 Å². The Morgan fingerprint density at radius 2 is 1.78 bits per heavy atom. The molecule has 0 bridgehead atoms. The molecule has 27 heavy (non-hydrogen) atoms. The predicted molar refractivity (Wildman–Crippen MR) is 106 cm³/mol. The minimum Gasteiger partial charge on any atom is -0.378 e. The lowest BCUT2D eigenvalue weighted by Crippen LogP contribution is -2.40. The van der Waals surface area contributed by atoms with Crippen LogP contribution in [-0.2, 0) is 11.2 Å². The molecule has 6 heteroatoms. The van der Waals surface area contributed by atoms with Crippen molar-refractivity contribution in [3.05, 3.63) is 60.2 Å². The molecule has 1 amide bonds. The number of hydrogen-bond donors (Lipinski definition) is 1. The molecule has 1 aliphatic rings. The number of carbonyl (C=O) groups excluding carboxylic acids is 1. The fourth-order valence-electron chi connectivity index (χ4n) is 3.40. The minimum atomic E-state index is -0.127. The van der Waals surface area contributed by atoms with Gasteiger partial charge in [0.1, 0.15) is 0 Å². The average molecular weight is 364 g/mol. The minimum absolute atomic E-state index is 0.127. The normalized spacial score (nSPS) is 14.4. The number of morpholine rings is 1. The van der Waals surface area contributed by atoms with E-state index in [1.54, 1.807) is 4.57 Å². The first-order valence-electron chi connectivity index (χ1n) is 9.45. The molecule has 0 spiro atoms. The van der Waals surface area contributed by atoms with E-state index in [0.717, 1.165) is 37.0 Å². The number of fused-ring (bicyclic) bond motifs is 1. The van der Waals surface area contributed by atoms with Crippen molar-refractivity contribution in [2.45, 2.75) is 12.8 Å². The number of aryl methyl sites for hydroxylation is 1. The summed E-state index contributed by atoms with van der Waals surface area (Å²) in [6.07, 6.45) is 1.84. The third-order valence-corrected chi connectivity index (χ3v) is 4.80. The van der Waals surface area contributed by atoms with Crippen LogP contribution in [0.2, 0.25) is 0 Å². The first-order chi connectivity index (χ1) is 13.3. The smallest absolute Gasteiger partial charge is 0.328 e. The molecule has 3 aromatic rings. The number of para-hydroxylation sites is 2. The topological polar surface area (TPSA) is 59.4 Å². The molecule has 1 N–H and O–H groups in total. The number of imidazole rings is 1. The standard InChI is InChI=1S/C21H24N4O2/c26-21(22-12-6-9-17-7-2-1-3-8-17)25-19-11-5-4-10-18(19)23-20(25)24-13-15-27-16-14-24/h1-5,7-8,10-11H,6,9,12-16H2,(H,22,26). The van der Waals surface area contributed by atoms with E-state index in [9.17, 15) is 4.79 Å². The number of nitrogens with zero attached hydrogens (tertiary/aromatic N) is 3.